The van der Waals surface area contributed by atoms with Gasteiger partial charge in [0.25, 0.3) is 12.3 Å². The Morgan fingerprint density at radius 1 is 1.32 bits per heavy atom. The lowest BCUT2D eigenvalue weighted by atomic mass is 10.2. The number of benzene rings is 1. The van der Waals surface area contributed by atoms with Gasteiger partial charge in [-0.25, -0.2) is 8.78 Å². The Bertz CT molecular complexity index is 678. The van der Waals surface area contributed by atoms with Crippen LogP contribution < -0.4 is 16.0 Å². The Morgan fingerprint density at radius 2 is 2.04 bits per heavy atom. The zero-order chi connectivity index (χ0) is 20.1. The van der Waals surface area contributed by atoms with Gasteiger partial charge in [-0.2, -0.15) is 0 Å². The molecule has 1 aromatic rings. The molecule has 2 amide bonds. The van der Waals surface area contributed by atoms with Crippen LogP contribution in [0.4, 0.5) is 20.2 Å². The summed E-state index contributed by atoms with van der Waals surface area (Å²) in [5, 5.41) is 2.75. The number of nitrogens with zero attached hydrogens (tertiary/aromatic N) is 2. The third-order valence-corrected chi connectivity index (χ3v) is 4.96. The number of alkyl halides is 2. The van der Waals surface area contributed by atoms with E-state index in [2.05, 4.69) is 5.32 Å². The van der Waals surface area contributed by atoms with E-state index < -0.39 is 24.9 Å². The van der Waals surface area contributed by atoms with Gasteiger partial charge in [0.15, 0.2) is 0 Å². The third-order valence-electron chi connectivity index (χ3n) is 4.96. The van der Waals surface area contributed by atoms with Crippen molar-refractivity contribution in [3.63, 3.8) is 0 Å². The largest absolute Gasteiger partial charge is 0.370 e. The Balaban J connectivity index is 1.63. The number of carbonyl (C=O) groups is 2. The number of ether oxygens (including phenoxy) is 1. The zero-order valence-electron chi connectivity index (χ0n) is 15.7. The highest BCUT2D eigenvalue weighted by Gasteiger charge is 2.32. The highest BCUT2D eigenvalue weighted by atomic mass is 19.3. The minimum absolute atomic E-state index is 0.0361. The van der Waals surface area contributed by atoms with Gasteiger partial charge >= 0.3 is 0 Å². The van der Waals surface area contributed by atoms with Gasteiger partial charge in [-0.15, -0.1) is 0 Å². The number of anilines is 2. The topological polar surface area (TPSA) is 87.9 Å². The van der Waals surface area contributed by atoms with E-state index in [1.54, 1.807) is 29.2 Å². The molecule has 1 saturated heterocycles. The third kappa shape index (κ3) is 5.46. The van der Waals surface area contributed by atoms with E-state index in [4.69, 9.17) is 10.5 Å². The van der Waals surface area contributed by atoms with Gasteiger partial charge in [-0.3, -0.25) is 14.5 Å². The molecule has 7 nitrogen and oxygen atoms in total. The molecule has 3 rings (SSSR count). The summed E-state index contributed by atoms with van der Waals surface area (Å²) >= 11 is 0. The van der Waals surface area contributed by atoms with Gasteiger partial charge in [0, 0.05) is 31.0 Å². The molecule has 1 aromatic carbocycles. The van der Waals surface area contributed by atoms with Crippen molar-refractivity contribution in [1.29, 1.82) is 0 Å². The normalized spacial score (nSPS) is 18.6. The molecular formula is C19H26F2N4O3. The molecule has 0 spiro atoms. The molecule has 0 bridgehead atoms. The average Bonchev–Trinajstić information content (AvgIpc) is 3.47. The molecule has 0 unspecified atom stereocenters. The number of nitrogens with two attached hydrogens (primary N) is 1. The van der Waals surface area contributed by atoms with Gasteiger partial charge in [0.1, 0.15) is 12.6 Å². The average molecular weight is 396 g/mol. The van der Waals surface area contributed by atoms with Crippen molar-refractivity contribution in [3.8, 4) is 0 Å². The summed E-state index contributed by atoms with van der Waals surface area (Å²) < 4.78 is 31.0. The van der Waals surface area contributed by atoms with E-state index in [-0.39, 0.29) is 19.1 Å². The first kappa shape index (κ1) is 20.6. The van der Waals surface area contributed by atoms with E-state index in [0.29, 0.717) is 31.3 Å². The van der Waals surface area contributed by atoms with Gasteiger partial charge in [0.05, 0.1) is 13.2 Å². The predicted octanol–water partition coefficient (Wildman–Crippen LogP) is 1.29. The second-order valence-corrected chi connectivity index (χ2v) is 7.17. The van der Waals surface area contributed by atoms with Crippen molar-refractivity contribution >= 4 is 23.2 Å². The molecule has 0 aromatic heterocycles. The maximum absolute atomic E-state index is 12.9. The molecule has 0 radical (unpaired) electrons. The van der Waals surface area contributed by atoms with Crippen LogP contribution in [0.3, 0.4) is 0 Å². The summed E-state index contributed by atoms with van der Waals surface area (Å²) in [6.45, 7) is 0.956. The monoisotopic (exact) mass is 396 g/mol. The van der Waals surface area contributed by atoms with Crippen LogP contribution in [0.25, 0.3) is 0 Å². The van der Waals surface area contributed by atoms with Crippen LogP contribution in [0.1, 0.15) is 12.8 Å². The van der Waals surface area contributed by atoms with Crippen LogP contribution >= 0.6 is 0 Å². The SMILES string of the molecule is NC[C@H](C(=O)Nc1ccc(N2CCOCC2=O)cc1)N(CC(F)F)CC1CC1. The van der Waals surface area contributed by atoms with Crippen molar-refractivity contribution < 1.29 is 23.1 Å². The van der Waals surface area contributed by atoms with E-state index in [1.165, 1.54) is 4.90 Å². The van der Waals surface area contributed by atoms with Gasteiger partial charge in [-0.05, 0) is 43.0 Å². The summed E-state index contributed by atoms with van der Waals surface area (Å²) in [5.41, 5.74) is 6.98. The Hall–Kier alpha value is -2.10. The Morgan fingerprint density at radius 3 is 2.61 bits per heavy atom. The fourth-order valence-corrected chi connectivity index (χ4v) is 3.30. The summed E-state index contributed by atoms with van der Waals surface area (Å²) in [4.78, 5) is 27.6. The van der Waals surface area contributed by atoms with Crippen molar-refractivity contribution in [2.24, 2.45) is 11.7 Å². The highest BCUT2D eigenvalue weighted by Crippen LogP contribution is 2.30. The van der Waals surface area contributed by atoms with Crippen LogP contribution in [0.5, 0.6) is 0 Å². The second-order valence-electron chi connectivity index (χ2n) is 7.17. The second kappa shape index (κ2) is 9.40. The first-order valence-electron chi connectivity index (χ1n) is 9.49. The quantitative estimate of drug-likeness (QED) is 0.657. The van der Waals surface area contributed by atoms with Crippen molar-refractivity contribution in [2.45, 2.75) is 25.3 Å². The van der Waals surface area contributed by atoms with E-state index in [0.717, 1.165) is 18.5 Å². The summed E-state index contributed by atoms with van der Waals surface area (Å²) in [6, 6.07) is 6.02. The van der Waals surface area contributed by atoms with Crippen molar-refractivity contribution in [2.75, 3.05) is 49.6 Å². The number of hydrogen-bond donors (Lipinski definition) is 2. The zero-order valence-corrected chi connectivity index (χ0v) is 15.7. The van der Waals surface area contributed by atoms with Crippen molar-refractivity contribution in [3.05, 3.63) is 24.3 Å². The predicted molar refractivity (Wildman–Crippen MR) is 101 cm³/mol. The van der Waals surface area contributed by atoms with Crippen LogP contribution in [0.2, 0.25) is 0 Å². The van der Waals surface area contributed by atoms with Gasteiger partial charge in [0.2, 0.25) is 5.91 Å². The van der Waals surface area contributed by atoms with E-state index in [1.807, 2.05) is 0 Å². The number of amides is 2. The lowest BCUT2D eigenvalue weighted by Crippen LogP contribution is -2.51. The molecule has 3 N–H and O–H groups in total. The molecule has 1 aliphatic carbocycles. The number of morpholine rings is 1. The number of hydrogen-bond acceptors (Lipinski definition) is 5. The maximum atomic E-state index is 12.9. The molecule has 1 saturated carbocycles. The Labute approximate surface area is 162 Å². The molecule has 28 heavy (non-hydrogen) atoms. The highest BCUT2D eigenvalue weighted by molar-refractivity contribution is 5.97. The first-order valence-corrected chi connectivity index (χ1v) is 9.49. The summed E-state index contributed by atoms with van der Waals surface area (Å²) in [7, 11) is 0. The van der Waals surface area contributed by atoms with Crippen LogP contribution in [0, 0.1) is 5.92 Å². The van der Waals surface area contributed by atoms with Crippen LogP contribution in [-0.4, -0.2) is 68.6 Å². The number of rotatable bonds is 9. The fourth-order valence-electron chi connectivity index (χ4n) is 3.30. The lowest BCUT2D eigenvalue weighted by Gasteiger charge is -2.30. The van der Waals surface area contributed by atoms with Gasteiger partial charge in [-0.1, -0.05) is 0 Å². The molecule has 1 heterocycles. The summed E-state index contributed by atoms with van der Waals surface area (Å²) in [6.07, 6.45) is -0.522. The molecule has 1 atom stereocenters. The minimum atomic E-state index is -2.52. The number of halogens is 2. The standard InChI is InChI=1S/C19H26F2N4O3/c20-17(21)11-24(10-13-1-2-13)16(9-22)19(27)23-14-3-5-15(6-4-14)25-7-8-28-12-18(25)26/h3-6,13,16-17H,1-2,7-12,22H2,(H,23,27)/t16-/m1/s1. The van der Waals surface area contributed by atoms with E-state index >= 15 is 0 Å². The smallest absolute Gasteiger partial charge is 0.253 e. The van der Waals surface area contributed by atoms with Gasteiger partial charge < -0.3 is 20.7 Å². The molecule has 2 aliphatic rings. The Kier molecular flexibility index (Phi) is 6.93. The van der Waals surface area contributed by atoms with Crippen molar-refractivity contribution in [1.82, 2.24) is 4.90 Å². The molecule has 154 valence electrons. The van der Waals surface area contributed by atoms with Crippen LogP contribution in [0.15, 0.2) is 24.3 Å². The molecule has 1 aliphatic heterocycles. The lowest BCUT2D eigenvalue weighted by molar-refractivity contribution is -0.125. The summed E-state index contributed by atoms with van der Waals surface area (Å²) in [5.74, 6) is -0.154. The first-order chi connectivity index (χ1) is 13.5. The maximum Gasteiger partial charge on any atom is 0.253 e. The number of carbonyl (C=O) groups excluding carboxylic acids is 2. The number of nitrogens with one attached hydrogen (secondary N) is 1. The molecular weight excluding hydrogens is 370 g/mol. The molecule has 2 fully saturated rings. The van der Waals surface area contributed by atoms with E-state index in [9.17, 15) is 18.4 Å². The van der Waals surface area contributed by atoms with Crippen LogP contribution in [-0.2, 0) is 14.3 Å². The minimum Gasteiger partial charge on any atom is -0.370 e. The fraction of sp³-hybridized carbons (Fsp3) is 0.579. The molecule has 9 heteroatoms.